The van der Waals surface area contributed by atoms with Crippen LogP contribution in [0.1, 0.15) is 11.1 Å². The van der Waals surface area contributed by atoms with E-state index in [4.69, 9.17) is 5.73 Å². The number of hydrogen-bond acceptors (Lipinski definition) is 3. The van der Waals surface area contributed by atoms with Gasteiger partial charge < -0.3 is 10.3 Å². The third-order valence-electron chi connectivity index (χ3n) is 2.57. The first-order valence-corrected chi connectivity index (χ1v) is 6.42. The maximum Gasteiger partial charge on any atom is 0.416 e. The van der Waals surface area contributed by atoms with E-state index in [1.165, 1.54) is 23.9 Å². The molecule has 2 aromatic rings. The number of aromatic nitrogens is 2. The molecular formula is C12H12F3N3S. The Labute approximate surface area is 112 Å². The molecule has 1 heterocycles. The van der Waals surface area contributed by atoms with Crippen LogP contribution in [0.5, 0.6) is 0 Å². The van der Waals surface area contributed by atoms with Crippen molar-refractivity contribution in [1.29, 1.82) is 0 Å². The van der Waals surface area contributed by atoms with Crippen LogP contribution in [0.15, 0.2) is 35.7 Å². The molecule has 3 nitrogen and oxygen atoms in total. The standard InChI is InChI=1S/C12H12F3N3S/c1-18-5-4-17-11(18)19-7-8-2-3-9(16)6-10(8)12(13,14)15/h2-6H,7,16H2,1H3. The summed E-state index contributed by atoms with van der Waals surface area (Å²) in [5.74, 6) is 0.194. The van der Waals surface area contributed by atoms with E-state index in [0.29, 0.717) is 5.16 Å². The van der Waals surface area contributed by atoms with Gasteiger partial charge in [0.2, 0.25) is 0 Å². The van der Waals surface area contributed by atoms with Crippen molar-refractivity contribution >= 4 is 17.4 Å². The molecule has 0 atom stereocenters. The molecule has 0 radical (unpaired) electrons. The van der Waals surface area contributed by atoms with Crippen molar-refractivity contribution in [2.75, 3.05) is 5.73 Å². The molecule has 7 heteroatoms. The number of nitrogens with two attached hydrogens (primary N) is 1. The Kier molecular flexibility index (Phi) is 3.75. The van der Waals surface area contributed by atoms with Crippen LogP contribution >= 0.6 is 11.8 Å². The summed E-state index contributed by atoms with van der Waals surface area (Å²) in [6.07, 6.45) is -1.04. The fourth-order valence-electron chi connectivity index (χ4n) is 1.62. The second kappa shape index (κ2) is 5.16. The third-order valence-corrected chi connectivity index (χ3v) is 3.68. The van der Waals surface area contributed by atoms with Crippen LogP contribution in [0.3, 0.4) is 0 Å². The van der Waals surface area contributed by atoms with E-state index < -0.39 is 11.7 Å². The number of alkyl halides is 3. The fourth-order valence-corrected chi connectivity index (χ4v) is 2.55. The van der Waals surface area contributed by atoms with E-state index in [-0.39, 0.29) is 17.0 Å². The molecule has 1 aromatic carbocycles. The van der Waals surface area contributed by atoms with Crippen molar-refractivity contribution in [2.45, 2.75) is 17.1 Å². The Hall–Kier alpha value is -1.63. The summed E-state index contributed by atoms with van der Waals surface area (Å²) in [6, 6.07) is 3.85. The number of hydrogen-bond donors (Lipinski definition) is 1. The lowest BCUT2D eigenvalue weighted by molar-refractivity contribution is -0.138. The largest absolute Gasteiger partial charge is 0.416 e. The van der Waals surface area contributed by atoms with Crippen LogP contribution in [0.25, 0.3) is 0 Å². The summed E-state index contributed by atoms with van der Waals surface area (Å²) in [7, 11) is 1.79. The van der Waals surface area contributed by atoms with Gasteiger partial charge in [-0.3, -0.25) is 0 Å². The van der Waals surface area contributed by atoms with E-state index >= 15 is 0 Å². The third kappa shape index (κ3) is 3.23. The Bertz CT molecular complexity index is 578. The Morgan fingerprint density at radius 3 is 2.68 bits per heavy atom. The van der Waals surface area contributed by atoms with Gasteiger partial charge in [-0.2, -0.15) is 13.2 Å². The molecule has 2 rings (SSSR count). The molecule has 0 amide bonds. The number of rotatable bonds is 3. The molecule has 0 fully saturated rings. The van der Waals surface area contributed by atoms with Crippen molar-refractivity contribution in [2.24, 2.45) is 7.05 Å². The quantitative estimate of drug-likeness (QED) is 0.695. The lowest BCUT2D eigenvalue weighted by atomic mass is 10.1. The van der Waals surface area contributed by atoms with E-state index in [9.17, 15) is 13.2 Å². The Morgan fingerprint density at radius 1 is 1.37 bits per heavy atom. The van der Waals surface area contributed by atoms with Crippen LogP contribution in [0, 0.1) is 0 Å². The summed E-state index contributed by atoms with van der Waals surface area (Å²) in [4.78, 5) is 4.06. The zero-order valence-corrected chi connectivity index (χ0v) is 10.9. The molecule has 0 spiro atoms. The number of halogens is 3. The molecule has 0 unspecified atom stereocenters. The van der Waals surface area contributed by atoms with E-state index in [1.54, 1.807) is 24.0 Å². The minimum atomic E-state index is -4.40. The molecular weight excluding hydrogens is 275 g/mol. The van der Waals surface area contributed by atoms with Gasteiger partial charge in [-0.15, -0.1) is 0 Å². The molecule has 0 saturated heterocycles. The first-order valence-electron chi connectivity index (χ1n) is 5.43. The van der Waals surface area contributed by atoms with Gasteiger partial charge in [0, 0.05) is 30.9 Å². The van der Waals surface area contributed by atoms with Gasteiger partial charge >= 0.3 is 6.18 Å². The van der Waals surface area contributed by atoms with Crippen LogP contribution in [0.2, 0.25) is 0 Å². The zero-order chi connectivity index (χ0) is 14.0. The monoisotopic (exact) mass is 287 g/mol. The summed E-state index contributed by atoms with van der Waals surface area (Å²) in [5, 5.41) is 0.671. The molecule has 0 aliphatic heterocycles. The van der Waals surface area contributed by atoms with Crippen LogP contribution in [0.4, 0.5) is 18.9 Å². The second-order valence-electron chi connectivity index (χ2n) is 4.02. The van der Waals surface area contributed by atoms with Gasteiger partial charge in [0.15, 0.2) is 5.16 Å². The maximum atomic E-state index is 12.9. The number of aryl methyl sites for hydroxylation is 1. The highest BCUT2D eigenvalue weighted by molar-refractivity contribution is 7.98. The second-order valence-corrected chi connectivity index (χ2v) is 4.97. The highest BCUT2D eigenvalue weighted by Crippen LogP contribution is 2.35. The van der Waals surface area contributed by atoms with Gasteiger partial charge in [-0.25, -0.2) is 4.98 Å². The van der Waals surface area contributed by atoms with Gasteiger partial charge in [0.1, 0.15) is 0 Å². The number of nitrogens with zero attached hydrogens (tertiary/aromatic N) is 2. The first-order chi connectivity index (χ1) is 8.88. The minimum Gasteiger partial charge on any atom is -0.399 e. The molecule has 1 aromatic heterocycles. The van der Waals surface area contributed by atoms with Crippen molar-refractivity contribution in [1.82, 2.24) is 9.55 Å². The molecule has 0 saturated carbocycles. The fraction of sp³-hybridized carbons (Fsp3) is 0.250. The number of nitrogen functional groups attached to an aromatic ring is 1. The first kappa shape index (κ1) is 13.8. The molecule has 19 heavy (non-hydrogen) atoms. The lowest BCUT2D eigenvalue weighted by Gasteiger charge is -2.13. The van der Waals surface area contributed by atoms with E-state index in [2.05, 4.69) is 4.98 Å². The Balaban J connectivity index is 2.23. The smallest absolute Gasteiger partial charge is 0.399 e. The number of anilines is 1. The Morgan fingerprint density at radius 2 is 2.11 bits per heavy atom. The average molecular weight is 287 g/mol. The van der Waals surface area contributed by atoms with Crippen molar-refractivity contribution in [3.05, 3.63) is 41.7 Å². The highest BCUT2D eigenvalue weighted by atomic mass is 32.2. The topological polar surface area (TPSA) is 43.8 Å². The number of imidazole rings is 1. The van der Waals surface area contributed by atoms with Gasteiger partial charge in [-0.1, -0.05) is 17.8 Å². The molecule has 0 aliphatic rings. The minimum absolute atomic E-state index is 0.109. The normalized spacial score (nSPS) is 11.8. The van der Waals surface area contributed by atoms with E-state index in [0.717, 1.165) is 6.07 Å². The van der Waals surface area contributed by atoms with Crippen LogP contribution in [-0.4, -0.2) is 9.55 Å². The van der Waals surface area contributed by atoms with Crippen molar-refractivity contribution < 1.29 is 13.2 Å². The lowest BCUT2D eigenvalue weighted by Crippen LogP contribution is -2.09. The zero-order valence-electron chi connectivity index (χ0n) is 10.1. The number of thioether (sulfide) groups is 1. The summed E-state index contributed by atoms with van der Waals surface area (Å²) >= 11 is 1.25. The molecule has 102 valence electrons. The predicted molar refractivity (Wildman–Crippen MR) is 68.6 cm³/mol. The summed E-state index contributed by atoms with van der Waals surface area (Å²) < 4.78 is 40.4. The van der Waals surface area contributed by atoms with Crippen molar-refractivity contribution in [3.8, 4) is 0 Å². The molecule has 0 aliphatic carbocycles. The van der Waals surface area contributed by atoms with E-state index in [1.807, 2.05) is 0 Å². The van der Waals surface area contributed by atoms with Gasteiger partial charge in [0.05, 0.1) is 5.56 Å². The van der Waals surface area contributed by atoms with Gasteiger partial charge in [-0.05, 0) is 17.7 Å². The van der Waals surface area contributed by atoms with Crippen LogP contribution in [-0.2, 0) is 19.0 Å². The molecule has 0 bridgehead atoms. The summed E-state index contributed by atoms with van der Waals surface area (Å²) in [6.45, 7) is 0. The molecule has 2 N–H and O–H groups in total. The maximum absolute atomic E-state index is 12.9. The van der Waals surface area contributed by atoms with Crippen molar-refractivity contribution in [3.63, 3.8) is 0 Å². The predicted octanol–water partition coefficient (Wildman–Crippen LogP) is 3.31. The highest BCUT2D eigenvalue weighted by Gasteiger charge is 2.33. The SMILES string of the molecule is Cn1ccnc1SCc1ccc(N)cc1C(F)(F)F. The van der Waals surface area contributed by atoms with Gasteiger partial charge in [0.25, 0.3) is 0 Å². The number of benzene rings is 1. The summed E-state index contributed by atoms with van der Waals surface area (Å²) in [5.41, 5.74) is 5.04. The van der Waals surface area contributed by atoms with Crippen LogP contribution < -0.4 is 5.73 Å². The average Bonchev–Trinajstić information content (AvgIpc) is 2.72.